The van der Waals surface area contributed by atoms with Crippen LogP contribution in [0.5, 0.6) is 5.75 Å². The number of carbonyl (C=O) groups is 3. The summed E-state index contributed by atoms with van der Waals surface area (Å²) in [5.41, 5.74) is 1.31. The number of unbranched alkanes of at least 4 members (excludes halogenated alkanes) is 2. The second kappa shape index (κ2) is 12.9. The van der Waals surface area contributed by atoms with Gasteiger partial charge in [0.2, 0.25) is 0 Å². The molecule has 0 radical (unpaired) electrons. The standard InChI is InChI=1S/C25H30N2O5/c1-18(2)32-21-14-12-19(13-15-21)17-22(27-24(30)20-9-5-3-6-10-20)25(31)26-16-8-4-7-11-23(28)29/h3,5-6,9-10,12-15,17-18H,4,7-8,11,16H2,1-2H3,(H,26,31)(H,27,30)(H,28,29). The number of hydrogen-bond acceptors (Lipinski definition) is 4. The van der Waals surface area contributed by atoms with Crippen LogP contribution in [0.2, 0.25) is 0 Å². The van der Waals surface area contributed by atoms with Gasteiger partial charge in [-0.05, 0) is 62.6 Å². The Morgan fingerprint density at radius 3 is 2.28 bits per heavy atom. The summed E-state index contributed by atoms with van der Waals surface area (Å²) in [5, 5.41) is 14.2. The van der Waals surface area contributed by atoms with E-state index in [1.165, 1.54) is 0 Å². The molecule has 0 atom stereocenters. The Morgan fingerprint density at radius 2 is 1.66 bits per heavy atom. The van der Waals surface area contributed by atoms with Crippen LogP contribution in [0.1, 0.15) is 55.5 Å². The summed E-state index contributed by atoms with van der Waals surface area (Å²) >= 11 is 0. The van der Waals surface area contributed by atoms with Crippen LogP contribution in [0.25, 0.3) is 6.08 Å². The van der Waals surface area contributed by atoms with Gasteiger partial charge in [0, 0.05) is 18.5 Å². The summed E-state index contributed by atoms with van der Waals surface area (Å²) < 4.78 is 5.64. The molecule has 0 heterocycles. The molecule has 0 bridgehead atoms. The molecule has 0 aliphatic rings. The number of carbonyl (C=O) groups excluding carboxylic acids is 2. The van der Waals surface area contributed by atoms with Crippen LogP contribution in [0.4, 0.5) is 0 Å². The van der Waals surface area contributed by atoms with E-state index in [0.29, 0.717) is 31.4 Å². The van der Waals surface area contributed by atoms with Crippen LogP contribution < -0.4 is 15.4 Å². The number of rotatable bonds is 12. The van der Waals surface area contributed by atoms with Crippen LogP contribution in [0.15, 0.2) is 60.3 Å². The highest BCUT2D eigenvalue weighted by molar-refractivity contribution is 6.05. The zero-order valence-corrected chi connectivity index (χ0v) is 18.5. The molecular formula is C25H30N2O5. The van der Waals surface area contributed by atoms with Crippen molar-refractivity contribution in [2.45, 2.75) is 45.6 Å². The first-order chi connectivity index (χ1) is 15.3. The molecule has 7 nitrogen and oxygen atoms in total. The fourth-order valence-corrected chi connectivity index (χ4v) is 2.90. The van der Waals surface area contributed by atoms with E-state index in [2.05, 4.69) is 10.6 Å². The molecule has 170 valence electrons. The smallest absolute Gasteiger partial charge is 0.303 e. The normalized spacial score (nSPS) is 11.2. The lowest BCUT2D eigenvalue weighted by Crippen LogP contribution is -2.35. The van der Waals surface area contributed by atoms with Gasteiger partial charge in [0.15, 0.2) is 0 Å². The van der Waals surface area contributed by atoms with E-state index in [9.17, 15) is 14.4 Å². The molecular weight excluding hydrogens is 408 g/mol. The van der Waals surface area contributed by atoms with Gasteiger partial charge in [0.1, 0.15) is 11.4 Å². The zero-order chi connectivity index (χ0) is 23.3. The molecule has 2 rings (SSSR count). The number of hydrogen-bond donors (Lipinski definition) is 3. The number of aliphatic carboxylic acids is 1. The van der Waals surface area contributed by atoms with Gasteiger partial charge >= 0.3 is 5.97 Å². The minimum absolute atomic E-state index is 0.0541. The van der Waals surface area contributed by atoms with Gasteiger partial charge < -0.3 is 20.5 Å². The number of ether oxygens (including phenoxy) is 1. The van der Waals surface area contributed by atoms with Crippen molar-refractivity contribution >= 4 is 23.9 Å². The molecule has 0 saturated heterocycles. The van der Waals surface area contributed by atoms with Crippen LogP contribution >= 0.6 is 0 Å². The van der Waals surface area contributed by atoms with E-state index in [1.807, 2.05) is 44.2 Å². The summed E-state index contributed by atoms with van der Waals surface area (Å²) in [4.78, 5) is 35.9. The van der Waals surface area contributed by atoms with Gasteiger partial charge in [-0.1, -0.05) is 36.8 Å². The van der Waals surface area contributed by atoms with E-state index in [1.54, 1.807) is 30.3 Å². The third-order valence-electron chi connectivity index (χ3n) is 4.44. The number of nitrogens with one attached hydrogen (secondary N) is 2. The lowest BCUT2D eigenvalue weighted by atomic mass is 10.1. The predicted molar refractivity (Wildman–Crippen MR) is 123 cm³/mol. The van der Waals surface area contributed by atoms with Crippen molar-refractivity contribution in [3.05, 3.63) is 71.4 Å². The third-order valence-corrected chi connectivity index (χ3v) is 4.44. The monoisotopic (exact) mass is 438 g/mol. The van der Waals surface area contributed by atoms with Crippen molar-refractivity contribution in [2.75, 3.05) is 6.54 Å². The van der Waals surface area contributed by atoms with Gasteiger partial charge in [-0.25, -0.2) is 0 Å². The maximum absolute atomic E-state index is 12.8. The Balaban J connectivity index is 2.08. The van der Waals surface area contributed by atoms with Crippen molar-refractivity contribution < 1.29 is 24.2 Å². The quantitative estimate of drug-likeness (QED) is 0.343. The molecule has 3 N–H and O–H groups in total. The molecule has 0 aliphatic carbocycles. The van der Waals surface area contributed by atoms with Gasteiger partial charge in [-0.3, -0.25) is 14.4 Å². The highest BCUT2D eigenvalue weighted by Crippen LogP contribution is 2.16. The molecule has 2 aromatic carbocycles. The van der Waals surface area contributed by atoms with Crippen molar-refractivity contribution in [1.82, 2.24) is 10.6 Å². The SMILES string of the molecule is CC(C)Oc1ccc(C=C(NC(=O)c2ccccc2)C(=O)NCCCCCC(=O)O)cc1. The van der Waals surface area contributed by atoms with E-state index >= 15 is 0 Å². The largest absolute Gasteiger partial charge is 0.491 e. The number of amides is 2. The number of carboxylic acid groups (broad SMARTS) is 1. The van der Waals surface area contributed by atoms with Crippen LogP contribution in [-0.4, -0.2) is 35.5 Å². The first-order valence-corrected chi connectivity index (χ1v) is 10.7. The first kappa shape index (κ1) is 24.7. The summed E-state index contributed by atoms with van der Waals surface area (Å²) in [6, 6.07) is 15.9. The summed E-state index contributed by atoms with van der Waals surface area (Å²) in [6.07, 6.45) is 3.68. The fourth-order valence-electron chi connectivity index (χ4n) is 2.90. The van der Waals surface area contributed by atoms with Crippen molar-refractivity contribution in [3.63, 3.8) is 0 Å². The van der Waals surface area contributed by atoms with Crippen molar-refractivity contribution in [3.8, 4) is 5.75 Å². The third kappa shape index (κ3) is 9.04. The highest BCUT2D eigenvalue weighted by atomic mass is 16.5. The van der Waals surface area contributed by atoms with Gasteiger partial charge in [-0.15, -0.1) is 0 Å². The Morgan fingerprint density at radius 1 is 0.969 bits per heavy atom. The first-order valence-electron chi connectivity index (χ1n) is 10.7. The lowest BCUT2D eigenvalue weighted by Gasteiger charge is -2.12. The van der Waals surface area contributed by atoms with E-state index < -0.39 is 11.9 Å². The molecule has 0 fully saturated rings. The Kier molecular flexibility index (Phi) is 9.97. The van der Waals surface area contributed by atoms with Crippen LogP contribution in [-0.2, 0) is 9.59 Å². The molecule has 2 aromatic rings. The molecule has 32 heavy (non-hydrogen) atoms. The maximum Gasteiger partial charge on any atom is 0.303 e. The highest BCUT2D eigenvalue weighted by Gasteiger charge is 2.14. The molecule has 0 saturated carbocycles. The minimum Gasteiger partial charge on any atom is -0.491 e. The summed E-state index contributed by atoms with van der Waals surface area (Å²) in [7, 11) is 0. The van der Waals surface area contributed by atoms with Crippen molar-refractivity contribution in [2.24, 2.45) is 0 Å². The fraction of sp³-hybridized carbons (Fsp3) is 0.320. The van der Waals surface area contributed by atoms with Gasteiger partial charge in [0.25, 0.3) is 11.8 Å². The average molecular weight is 439 g/mol. The number of carboxylic acids is 1. The van der Waals surface area contributed by atoms with Gasteiger partial charge in [0.05, 0.1) is 6.10 Å². The van der Waals surface area contributed by atoms with Gasteiger partial charge in [-0.2, -0.15) is 0 Å². The molecule has 0 aliphatic heterocycles. The lowest BCUT2D eigenvalue weighted by molar-refractivity contribution is -0.137. The second-order valence-corrected chi connectivity index (χ2v) is 7.57. The predicted octanol–water partition coefficient (Wildman–Crippen LogP) is 4.01. The topological polar surface area (TPSA) is 105 Å². The maximum atomic E-state index is 12.8. The molecule has 0 spiro atoms. The minimum atomic E-state index is -0.826. The Bertz CT molecular complexity index is 921. The summed E-state index contributed by atoms with van der Waals surface area (Å²) in [6.45, 7) is 4.27. The van der Waals surface area contributed by atoms with E-state index in [4.69, 9.17) is 9.84 Å². The molecule has 2 amide bonds. The second-order valence-electron chi connectivity index (χ2n) is 7.57. The molecule has 0 unspecified atom stereocenters. The molecule has 7 heteroatoms. The Hall–Kier alpha value is -3.61. The zero-order valence-electron chi connectivity index (χ0n) is 18.5. The van der Waals surface area contributed by atoms with Crippen LogP contribution in [0.3, 0.4) is 0 Å². The number of benzene rings is 2. The van der Waals surface area contributed by atoms with Crippen molar-refractivity contribution in [1.29, 1.82) is 0 Å². The van der Waals surface area contributed by atoms with Crippen LogP contribution in [0, 0.1) is 0 Å². The summed E-state index contributed by atoms with van der Waals surface area (Å²) in [5.74, 6) is -0.895. The average Bonchev–Trinajstić information content (AvgIpc) is 2.76. The molecule has 0 aromatic heterocycles. The van der Waals surface area contributed by atoms with E-state index in [-0.39, 0.29) is 24.1 Å². The Labute approximate surface area is 188 Å². The van der Waals surface area contributed by atoms with E-state index in [0.717, 1.165) is 11.3 Å².